The standard InChI is InChI=1S/C11H20N2O/c1-5-8(3)10-7-13-11(14-10)9(4)12-6-2/h7-9,12H,5-6H2,1-4H3. The van der Waals surface area contributed by atoms with Crippen molar-refractivity contribution in [2.75, 3.05) is 6.54 Å². The van der Waals surface area contributed by atoms with E-state index in [4.69, 9.17) is 4.42 Å². The fourth-order valence-electron chi connectivity index (χ4n) is 1.32. The molecule has 80 valence electrons. The summed E-state index contributed by atoms with van der Waals surface area (Å²) in [6.07, 6.45) is 2.93. The van der Waals surface area contributed by atoms with E-state index in [0.717, 1.165) is 24.6 Å². The Morgan fingerprint density at radius 1 is 1.43 bits per heavy atom. The van der Waals surface area contributed by atoms with Crippen LogP contribution in [0, 0.1) is 0 Å². The quantitative estimate of drug-likeness (QED) is 0.787. The Morgan fingerprint density at radius 3 is 2.71 bits per heavy atom. The summed E-state index contributed by atoms with van der Waals surface area (Å²) in [6, 6.07) is 0.206. The topological polar surface area (TPSA) is 38.1 Å². The highest BCUT2D eigenvalue weighted by Crippen LogP contribution is 2.21. The highest BCUT2D eigenvalue weighted by Gasteiger charge is 2.13. The Hall–Kier alpha value is -0.830. The van der Waals surface area contributed by atoms with E-state index < -0.39 is 0 Å². The second kappa shape index (κ2) is 5.15. The van der Waals surface area contributed by atoms with Crippen molar-refractivity contribution in [2.24, 2.45) is 0 Å². The number of oxazole rings is 1. The number of rotatable bonds is 5. The van der Waals surface area contributed by atoms with Crippen LogP contribution < -0.4 is 5.32 Å². The molecule has 1 aromatic rings. The van der Waals surface area contributed by atoms with Gasteiger partial charge in [0.15, 0.2) is 0 Å². The van der Waals surface area contributed by atoms with Crippen LogP contribution in [0.25, 0.3) is 0 Å². The monoisotopic (exact) mass is 196 g/mol. The van der Waals surface area contributed by atoms with Crippen LogP contribution in [0.4, 0.5) is 0 Å². The molecule has 1 N–H and O–H groups in total. The predicted octanol–water partition coefficient (Wildman–Crippen LogP) is 2.86. The smallest absolute Gasteiger partial charge is 0.211 e. The maximum atomic E-state index is 5.68. The fraction of sp³-hybridized carbons (Fsp3) is 0.727. The Kier molecular flexibility index (Phi) is 4.14. The molecule has 3 nitrogen and oxygen atoms in total. The molecule has 0 bridgehead atoms. The van der Waals surface area contributed by atoms with Crippen LogP contribution in [0.3, 0.4) is 0 Å². The van der Waals surface area contributed by atoms with Gasteiger partial charge in [-0.1, -0.05) is 20.8 Å². The molecule has 3 heteroatoms. The van der Waals surface area contributed by atoms with Crippen molar-refractivity contribution in [3.63, 3.8) is 0 Å². The first-order valence-electron chi connectivity index (χ1n) is 5.38. The maximum Gasteiger partial charge on any atom is 0.211 e. The van der Waals surface area contributed by atoms with E-state index in [1.807, 2.05) is 6.20 Å². The number of aromatic nitrogens is 1. The predicted molar refractivity (Wildman–Crippen MR) is 57.3 cm³/mol. The van der Waals surface area contributed by atoms with Crippen molar-refractivity contribution in [3.05, 3.63) is 17.8 Å². The third-order valence-electron chi connectivity index (χ3n) is 2.52. The summed E-state index contributed by atoms with van der Waals surface area (Å²) in [5.41, 5.74) is 0. The molecule has 1 aromatic heterocycles. The first-order chi connectivity index (χ1) is 6.69. The molecule has 0 radical (unpaired) electrons. The van der Waals surface area contributed by atoms with E-state index in [2.05, 4.69) is 38.0 Å². The maximum absolute atomic E-state index is 5.68. The zero-order valence-electron chi connectivity index (χ0n) is 9.50. The highest BCUT2D eigenvalue weighted by molar-refractivity contribution is 5.02. The van der Waals surface area contributed by atoms with Crippen LogP contribution in [-0.4, -0.2) is 11.5 Å². The molecule has 0 saturated heterocycles. The second-order valence-electron chi connectivity index (χ2n) is 3.69. The SMILES string of the molecule is CCNC(C)c1ncc(C(C)CC)o1. The number of hydrogen-bond donors (Lipinski definition) is 1. The fourth-order valence-corrected chi connectivity index (χ4v) is 1.32. The van der Waals surface area contributed by atoms with Crippen LogP contribution in [0.2, 0.25) is 0 Å². The summed E-state index contributed by atoms with van der Waals surface area (Å²) < 4.78 is 5.68. The van der Waals surface area contributed by atoms with E-state index in [1.165, 1.54) is 0 Å². The van der Waals surface area contributed by atoms with E-state index >= 15 is 0 Å². The van der Waals surface area contributed by atoms with Crippen LogP contribution in [-0.2, 0) is 0 Å². The van der Waals surface area contributed by atoms with Crippen molar-refractivity contribution >= 4 is 0 Å². The Morgan fingerprint density at radius 2 is 2.14 bits per heavy atom. The van der Waals surface area contributed by atoms with Gasteiger partial charge in [0, 0.05) is 5.92 Å². The Labute approximate surface area is 85.9 Å². The Balaban J connectivity index is 2.67. The van der Waals surface area contributed by atoms with Gasteiger partial charge >= 0.3 is 0 Å². The molecular formula is C11H20N2O. The summed E-state index contributed by atoms with van der Waals surface area (Å²) >= 11 is 0. The van der Waals surface area contributed by atoms with E-state index in [0.29, 0.717) is 5.92 Å². The number of nitrogens with one attached hydrogen (secondary N) is 1. The third-order valence-corrected chi connectivity index (χ3v) is 2.52. The molecule has 0 spiro atoms. The van der Waals surface area contributed by atoms with Gasteiger partial charge in [0.2, 0.25) is 5.89 Å². The summed E-state index contributed by atoms with van der Waals surface area (Å²) in [4.78, 5) is 4.27. The minimum absolute atomic E-state index is 0.206. The second-order valence-corrected chi connectivity index (χ2v) is 3.69. The van der Waals surface area contributed by atoms with Crippen LogP contribution in [0.15, 0.2) is 10.6 Å². The van der Waals surface area contributed by atoms with Crippen LogP contribution in [0.5, 0.6) is 0 Å². The molecule has 0 aromatic carbocycles. The lowest BCUT2D eigenvalue weighted by molar-refractivity contribution is 0.383. The molecule has 14 heavy (non-hydrogen) atoms. The molecule has 1 heterocycles. The van der Waals surface area contributed by atoms with Gasteiger partial charge in [0.25, 0.3) is 0 Å². The average molecular weight is 196 g/mol. The zero-order valence-corrected chi connectivity index (χ0v) is 9.50. The van der Waals surface area contributed by atoms with Crippen LogP contribution >= 0.6 is 0 Å². The molecule has 0 amide bonds. The normalized spacial score (nSPS) is 15.4. The van der Waals surface area contributed by atoms with Crippen molar-refractivity contribution in [2.45, 2.75) is 46.1 Å². The summed E-state index contributed by atoms with van der Waals surface area (Å²) in [5.74, 6) is 2.25. The van der Waals surface area contributed by atoms with E-state index in [9.17, 15) is 0 Å². The van der Waals surface area contributed by atoms with Gasteiger partial charge in [-0.2, -0.15) is 0 Å². The summed E-state index contributed by atoms with van der Waals surface area (Å²) in [5, 5.41) is 3.28. The summed E-state index contributed by atoms with van der Waals surface area (Å²) in [7, 11) is 0. The Bertz CT molecular complexity index is 270. The van der Waals surface area contributed by atoms with Gasteiger partial charge in [-0.25, -0.2) is 4.98 Å². The minimum atomic E-state index is 0.206. The molecule has 0 fully saturated rings. The van der Waals surface area contributed by atoms with Gasteiger partial charge in [0.1, 0.15) is 5.76 Å². The van der Waals surface area contributed by atoms with Gasteiger partial charge in [-0.3, -0.25) is 0 Å². The molecule has 0 aliphatic rings. The summed E-state index contributed by atoms with van der Waals surface area (Å²) in [6.45, 7) is 9.38. The van der Waals surface area contributed by atoms with Crippen molar-refractivity contribution < 1.29 is 4.42 Å². The molecule has 0 aliphatic carbocycles. The van der Waals surface area contributed by atoms with Crippen molar-refractivity contribution in [1.29, 1.82) is 0 Å². The number of nitrogens with zero attached hydrogens (tertiary/aromatic N) is 1. The molecular weight excluding hydrogens is 176 g/mol. The van der Waals surface area contributed by atoms with Gasteiger partial charge in [-0.05, 0) is 19.9 Å². The lowest BCUT2D eigenvalue weighted by atomic mass is 10.1. The third kappa shape index (κ3) is 2.58. The van der Waals surface area contributed by atoms with Crippen LogP contribution in [0.1, 0.15) is 57.7 Å². The molecule has 0 saturated carbocycles. The lowest BCUT2D eigenvalue weighted by Gasteiger charge is -2.07. The largest absolute Gasteiger partial charge is 0.444 e. The molecule has 2 unspecified atom stereocenters. The first kappa shape index (κ1) is 11.2. The van der Waals surface area contributed by atoms with Gasteiger partial charge in [0.05, 0.1) is 12.2 Å². The first-order valence-corrected chi connectivity index (χ1v) is 5.38. The van der Waals surface area contributed by atoms with Crippen molar-refractivity contribution in [3.8, 4) is 0 Å². The zero-order chi connectivity index (χ0) is 10.6. The van der Waals surface area contributed by atoms with Crippen molar-refractivity contribution in [1.82, 2.24) is 10.3 Å². The molecule has 2 atom stereocenters. The molecule has 1 rings (SSSR count). The average Bonchev–Trinajstić information content (AvgIpc) is 2.66. The van der Waals surface area contributed by atoms with Gasteiger partial charge < -0.3 is 9.73 Å². The minimum Gasteiger partial charge on any atom is -0.444 e. The lowest BCUT2D eigenvalue weighted by Crippen LogP contribution is -2.17. The van der Waals surface area contributed by atoms with E-state index in [-0.39, 0.29) is 6.04 Å². The van der Waals surface area contributed by atoms with E-state index in [1.54, 1.807) is 0 Å². The van der Waals surface area contributed by atoms with Gasteiger partial charge in [-0.15, -0.1) is 0 Å². The number of hydrogen-bond acceptors (Lipinski definition) is 3. The highest BCUT2D eigenvalue weighted by atomic mass is 16.4. The molecule has 0 aliphatic heterocycles.